The number of hydrogen-bond acceptors (Lipinski definition) is 5. The largest absolute Gasteiger partial charge is 0.354 e. The lowest BCUT2D eigenvalue weighted by Gasteiger charge is -2.14. The van der Waals surface area contributed by atoms with Crippen LogP contribution in [0.4, 0.5) is 5.69 Å². The Morgan fingerprint density at radius 3 is 2.58 bits per heavy atom. The highest BCUT2D eigenvalue weighted by atomic mass is 35.5. The van der Waals surface area contributed by atoms with Crippen LogP contribution in [0.3, 0.4) is 0 Å². The topological polar surface area (TPSA) is 90.7 Å². The Bertz CT molecular complexity index is 476. The highest BCUT2D eigenvalue weighted by molar-refractivity contribution is 6.31. The second kappa shape index (κ2) is 7.03. The van der Waals surface area contributed by atoms with E-state index in [1.807, 2.05) is 0 Å². The minimum absolute atomic E-state index is 0.102. The summed E-state index contributed by atoms with van der Waals surface area (Å²) < 4.78 is 9.80. The van der Waals surface area contributed by atoms with Gasteiger partial charge in [0.25, 0.3) is 11.6 Å². The summed E-state index contributed by atoms with van der Waals surface area (Å²) in [5.41, 5.74) is -0.141. The molecule has 1 aromatic rings. The molecular formula is C11H13ClN2O5. The third-order valence-electron chi connectivity index (χ3n) is 2.31. The third kappa shape index (κ3) is 4.47. The standard InChI is InChI=1S/C11H13ClN2O5/c1-18-10(19-2)6-13-11(15)7-3-8(12)5-9(4-7)14(16)17/h3-5,10H,6H2,1-2H3,(H,13,15). The van der Waals surface area contributed by atoms with Crippen LogP contribution < -0.4 is 5.32 Å². The number of carbonyl (C=O) groups excluding carboxylic acids is 1. The number of halogens is 1. The van der Waals surface area contributed by atoms with E-state index in [4.69, 9.17) is 21.1 Å². The molecule has 0 unspecified atom stereocenters. The molecule has 0 aliphatic rings. The number of nitro benzene ring substituents is 1. The highest BCUT2D eigenvalue weighted by Gasteiger charge is 2.15. The quantitative estimate of drug-likeness (QED) is 0.488. The Labute approximate surface area is 114 Å². The van der Waals surface area contributed by atoms with Crippen LogP contribution in [-0.2, 0) is 9.47 Å². The third-order valence-corrected chi connectivity index (χ3v) is 2.53. The number of benzene rings is 1. The fourth-order valence-corrected chi connectivity index (χ4v) is 1.58. The Hall–Kier alpha value is -1.70. The lowest BCUT2D eigenvalue weighted by atomic mass is 10.2. The van der Waals surface area contributed by atoms with Crippen molar-refractivity contribution in [3.05, 3.63) is 38.9 Å². The monoisotopic (exact) mass is 288 g/mol. The summed E-state index contributed by atoms with van der Waals surface area (Å²) in [7, 11) is 2.87. The summed E-state index contributed by atoms with van der Waals surface area (Å²) in [4.78, 5) is 21.9. The molecule has 104 valence electrons. The number of ether oxygens (including phenoxy) is 2. The van der Waals surface area contributed by atoms with Crippen molar-refractivity contribution in [3.8, 4) is 0 Å². The van der Waals surface area contributed by atoms with Gasteiger partial charge in [-0.3, -0.25) is 14.9 Å². The molecule has 0 saturated carbocycles. The molecule has 0 heterocycles. The van der Waals surface area contributed by atoms with Crippen molar-refractivity contribution in [1.82, 2.24) is 5.32 Å². The minimum atomic E-state index is -0.615. The molecule has 1 aromatic carbocycles. The van der Waals surface area contributed by atoms with Crippen LogP contribution in [-0.4, -0.2) is 37.9 Å². The van der Waals surface area contributed by atoms with Gasteiger partial charge in [-0.1, -0.05) is 11.6 Å². The summed E-state index contributed by atoms with van der Waals surface area (Å²) in [6.07, 6.45) is -0.585. The molecule has 19 heavy (non-hydrogen) atoms. The first kappa shape index (κ1) is 15.4. The van der Waals surface area contributed by atoms with Gasteiger partial charge in [0.2, 0.25) is 0 Å². The van der Waals surface area contributed by atoms with Crippen LogP contribution in [0.2, 0.25) is 5.02 Å². The van der Waals surface area contributed by atoms with E-state index in [9.17, 15) is 14.9 Å². The van der Waals surface area contributed by atoms with Gasteiger partial charge in [-0.25, -0.2) is 0 Å². The molecular weight excluding hydrogens is 276 g/mol. The number of hydrogen-bond donors (Lipinski definition) is 1. The predicted octanol–water partition coefficient (Wildman–Crippen LogP) is 1.60. The number of carbonyl (C=O) groups is 1. The zero-order chi connectivity index (χ0) is 14.4. The van der Waals surface area contributed by atoms with Gasteiger partial charge < -0.3 is 14.8 Å². The van der Waals surface area contributed by atoms with E-state index in [1.165, 1.54) is 26.4 Å². The van der Waals surface area contributed by atoms with Gasteiger partial charge in [0.05, 0.1) is 11.5 Å². The van der Waals surface area contributed by atoms with Crippen LogP contribution in [0.1, 0.15) is 10.4 Å². The van der Waals surface area contributed by atoms with E-state index in [0.717, 1.165) is 6.07 Å². The van der Waals surface area contributed by atoms with Crippen LogP contribution in [0.5, 0.6) is 0 Å². The van der Waals surface area contributed by atoms with Crippen molar-refractivity contribution >= 4 is 23.2 Å². The maximum atomic E-state index is 11.8. The lowest BCUT2D eigenvalue weighted by Crippen LogP contribution is -2.34. The van der Waals surface area contributed by atoms with Crippen molar-refractivity contribution in [2.75, 3.05) is 20.8 Å². The van der Waals surface area contributed by atoms with Crippen molar-refractivity contribution in [2.24, 2.45) is 0 Å². The summed E-state index contributed by atoms with van der Waals surface area (Å²) in [5.74, 6) is -0.496. The SMILES string of the molecule is COC(CNC(=O)c1cc(Cl)cc([N+](=O)[O-])c1)OC. The summed E-state index contributed by atoms with van der Waals surface area (Å²) in [5, 5.41) is 13.3. The zero-order valence-corrected chi connectivity index (χ0v) is 11.1. The van der Waals surface area contributed by atoms with E-state index in [-0.39, 0.29) is 22.8 Å². The van der Waals surface area contributed by atoms with E-state index >= 15 is 0 Å². The molecule has 1 amide bonds. The molecule has 0 atom stereocenters. The molecule has 0 fully saturated rings. The molecule has 0 aliphatic heterocycles. The van der Waals surface area contributed by atoms with Crippen LogP contribution in [0.15, 0.2) is 18.2 Å². The molecule has 7 nitrogen and oxygen atoms in total. The van der Waals surface area contributed by atoms with Gasteiger partial charge in [0, 0.05) is 36.9 Å². The predicted molar refractivity (Wildman–Crippen MR) is 68.2 cm³/mol. The number of nitrogens with one attached hydrogen (secondary N) is 1. The number of rotatable bonds is 6. The second-order valence-corrected chi connectivity index (χ2v) is 4.00. The van der Waals surface area contributed by atoms with E-state index < -0.39 is 17.1 Å². The number of nitrogens with zero attached hydrogens (tertiary/aromatic N) is 1. The Morgan fingerprint density at radius 1 is 1.42 bits per heavy atom. The number of methoxy groups -OCH3 is 2. The fraction of sp³-hybridized carbons (Fsp3) is 0.364. The summed E-state index contributed by atoms with van der Waals surface area (Å²) in [6.45, 7) is 0.117. The van der Waals surface area contributed by atoms with E-state index in [0.29, 0.717) is 0 Å². The zero-order valence-electron chi connectivity index (χ0n) is 10.4. The molecule has 0 aliphatic carbocycles. The molecule has 0 saturated heterocycles. The number of amides is 1. The van der Waals surface area contributed by atoms with Gasteiger partial charge in [-0.2, -0.15) is 0 Å². The molecule has 0 bridgehead atoms. The number of non-ortho nitro benzene ring substituents is 1. The summed E-state index contributed by atoms with van der Waals surface area (Å²) in [6, 6.07) is 3.67. The molecule has 8 heteroatoms. The van der Waals surface area contributed by atoms with Gasteiger partial charge >= 0.3 is 0 Å². The maximum absolute atomic E-state index is 11.8. The number of nitro groups is 1. The normalized spacial score (nSPS) is 10.5. The minimum Gasteiger partial charge on any atom is -0.354 e. The lowest BCUT2D eigenvalue weighted by molar-refractivity contribution is -0.384. The smallest absolute Gasteiger partial charge is 0.271 e. The van der Waals surface area contributed by atoms with Crippen molar-refractivity contribution in [3.63, 3.8) is 0 Å². The summed E-state index contributed by atoms with van der Waals surface area (Å²) >= 11 is 5.72. The molecule has 1 N–H and O–H groups in total. The molecule has 1 rings (SSSR count). The van der Waals surface area contributed by atoms with Gasteiger partial charge in [0.1, 0.15) is 0 Å². The van der Waals surface area contributed by atoms with Gasteiger partial charge in [-0.15, -0.1) is 0 Å². The average molecular weight is 289 g/mol. The first-order valence-electron chi connectivity index (χ1n) is 5.26. The molecule has 0 spiro atoms. The van der Waals surface area contributed by atoms with Gasteiger partial charge in [0.15, 0.2) is 6.29 Å². The fourth-order valence-electron chi connectivity index (χ4n) is 1.35. The van der Waals surface area contributed by atoms with E-state index in [2.05, 4.69) is 5.32 Å². The Kier molecular flexibility index (Phi) is 5.68. The van der Waals surface area contributed by atoms with Crippen LogP contribution in [0, 0.1) is 10.1 Å². The van der Waals surface area contributed by atoms with Crippen LogP contribution >= 0.6 is 11.6 Å². The Balaban J connectivity index is 2.79. The molecule has 0 radical (unpaired) electrons. The maximum Gasteiger partial charge on any atom is 0.271 e. The van der Waals surface area contributed by atoms with Crippen LogP contribution in [0.25, 0.3) is 0 Å². The van der Waals surface area contributed by atoms with E-state index in [1.54, 1.807) is 0 Å². The van der Waals surface area contributed by atoms with Crippen molar-refractivity contribution in [1.29, 1.82) is 0 Å². The molecule has 0 aromatic heterocycles. The Morgan fingerprint density at radius 2 is 2.05 bits per heavy atom. The first-order chi connectivity index (χ1) is 8.97. The second-order valence-electron chi connectivity index (χ2n) is 3.57. The van der Waals surface area contributed by atoms with Crippen molar-refractivity contribution in [2.45, 2.75) is 6.29 Å². The highest BCUT2D eigenvalue weighted by Crippen LogP contribution is 2.20. The van der Waals surface area contributed by atoms with Gasteiger partial charge in [-0.05, 0) is 6.07 Å². The first-order valence-corrected chi connectivity index (χ1v) is 5.64. The average Bonchev–Trinajstić information content (AvgIpc) is 2.38. The van der Waals surface area contributed by atoms with Crippen molar-refractivity contribution < 1.29 is 19.2 Å².